The van der Waals surface area contributed by atoms with Gasteiger partial charge in [0.25, 0.3) is 5.91 Å². The largest absolute Gasteiger partial charge is 0.496 e. The number of hydrogen-bond donors (Lipinski definition) is 1. The van der Waals surface area contributed by atoms with Gasteiger partial charge in [0.1, 0.15) is 5.75 Å². The molecule has 0 heterocycles. The fraction of sp³-hybridized carbons (Fsp3) is 0.125. The van der Waals surface area contributed by atoms with Crippen molar-refractivity contribution >= 4 is 23.2 Å². The molecule has 1 N–H and O–H groups in total. The summed E-state index contributed by atoms with van der Waals surface area (Å²) in [7, 11) is 1.52. The van der Waals surface area contributed by atoms with Crippen LogP contribution in [0.1, 0.15) is 22.8 Å². The fourth-order valence-electron chi connectivity index (χ4n) is 1.78. The first kappa shape index (κ1) is 15.1. The van der Waals surface area contributed by atoms with Gasteiger partial charge in [-0.3, -0.25) is 4.79 Å². The molecule has 0 atom stereocenters. The lowest BCUT2D eigenvalue weighted by atomic mass is 10.1. The molecule has 1 amide bonds. The van der Waals surface area contributed by atoms with Crippen LogP contribution in [0.15, 0.2) is 53.6 Å². The van der Waals surface area contributed by atoms with Gasteiger partial charge in [-0.2, -0.15) is 5.10 Å². The van der Waals surface area contributed by atoms with Crippen molar-refractivity contribution in [2.24, 2.45) is 5.10 Å². The number of methoxy groups -OCH3 is 1. The third-order valence-corrected chi connectivity index (χ3v) is 3.19. The summed E-state index contributed by atoms with van der Waals surface area (Å²) < 4.78 is 5.15. The van der Waals surface area contributed by atoms with E-state index < -0.39 is 0 Å². The summed E-state index contributed by atoms with van der Waals surface area (Å²) in [6.07, 6.45) is 0. The Morgan fingerprint density at radius 3 is 2.48 bits per heavy atom. The third-order valence-electron chi connectivity index (χ3n) is 2.94. The van der Waals surface area contributed by atoms with Crippen molar-refractivity contribution in [3.05, 3.63) is 64.7 Å². The molecule has 0 bridgehead atoms. The number of rotatable bonds is 4. The molecule has 0 radical (unpaired) electrons. The number of nitrogens with one attached hydrogen (secondary N) is 1. The molecule has 2 rings (SSSR count). The SMILES string of the molecule is COc1ccccc1C(=O)NN=C(C)c1ccc(Cl)cc1. The van der Waals surface area contributed by atoms with Crippen molar-refractivity contribution in [2.45, 2.75) is 6.92 Å². The lowest BCUT2D eigenvalue weighted by molar-refractivity contribution is 0.0952. The Kier molecular flexibility index (Phi) is 4.95. The maximum absolute atomic E-state index is 12.1. The van der Waals surface area contributed by atoms with Crippen molar-refractivity contribution in [1.82, 2.24) is 5.43 Å². The number of carbonyl (C=O) groups excluding carboxylic acids is 1. The Morgan fingerprint density at radius 1 is 1.14 bits per heavy atom. The van der Waals surface area contributed by atoms with Crippen molar-refractivity contribution in [3.8, 4) is 5.75 Å². The van der Waals surface area contributed by atoms with Gasteiger partial charge >= 0.3 is 0 Å². The Bertz CT molecular complexity index is 666. The van der Waals surface area contributed by atoms with Gasteiger partial charge in [0, 0.05) is 5.02 Å². The number of amides is 1. The van der Waals surface area contributed by atoms with E-state index in [1.54, 1.807) is 36.4 Å². The molecule has 0 saturated carbocycles. The molecule has 0 aliphatic rings. The smallest absolute Gasteiger partial charge is 0.275 e. The average molecular weight is 303 g/mol. The predicted octanol–water partition coefficient (Wildman–Crippen LogP) is 3.50. The van der Waals surface area contributed by atoms with Crippen LogP contribution in [-0.2, 0) is 0 Å². The molecule has 2 aromatic carbocycles. The lowest BCUT2D eigenvalue weighted by Crippen LogP contribution is -2.20. The van der Waals surface area contributed by atoms with Gasteiger partial charge in [-0.25, -0.2) is 5.43 Å². The van der Waals surface area contributed by atoms with Crippen LogP contribution in [0.3, 0.4) is 0 Å². The quantitative estimate of drug-likeness (QED) is 0.694. The minimum atomic E-state index is -0.319. The van der Waals surface area contributed by atoms with Crippen LogP contribution in [-0.4, -0.2) is 18.7 Å². The topological polar surface area (TPSA) is 50.7 Å². The van der Waals surface area contributed by atoms with E-state index in [0.29, 0.717) is 22.0 Å². The van der Waals surface area contributed by atoms with Gasteiger partial charge in [-0.1, -0.05) is 35.9 Å². The number of hydrogen-bond acceptors (Lipinski definition) is 3. The second-order valence-corrected chi connectivity index (χ2v) is 4.78. The van der Waals surface area contributed by atoms with Crippen molar-refractivity contribution < 1.29 is 9.53 Å². The second kappa shape index (κ2) is 6.90. The molecule has 0 spiro atoms. The number of para-hydroxylation sites is 1. The number of nitrogens with zero attached hydrogens (tertiary/aromatic N) is 1. The van der Waals surface area contributed by atoms with Gasteiger partial charge in [-0.05, 0) is 36.8 Å². The van der Waals surface area contributed by atoms with Gasteiger partial charge in [0.15, 0.2) is 0 Å². The predicted molar refractivity (Wildman–Crippen MR) is 84.1 cm³/mol. The molecule has 2 aromatic rings. The van der Waals surface area contributed by atoms with Crippen LogP contribution in [0.4, 0.5) is 0 Å². The average Bonchev–Trinajstić information content (AvgIpc) is 2.52. The molecular weight excluding hydrogens is 288 g/mol. The summed E-state index contributed by atoms with van der Waals surface area (Å²) in [5.74, 6) is 0.190. The second-order valence-electron chi connectivity index (χ2n) is 4.35. The van der Waals surface area contributed by atoms with E-state index in [2.05, 4.69) is 10.5 Å². The molecular formula is C16H15ClN2O2. The summed E-state index contributed by atoms with van der Waals surface area (Å²) >= 11 is 5.83. The van der Waals surface area contributed by atoms with Gasteiger partial charge in [0.05, 0.1) is 18.4 Å². The van der Waals surface area contributed by atoms with Crippen LogP contribution in [0, 0.1) is 0 Å². The minimum Gasteiger partial charge on any atom is -0.496 e. The summed E-state index contributed by atoms with van der Waals surface area (Å²) in [6.45, 7) is 1.81. The Morgan fingerprint density at radius 2 is 1.81 bits per heavy atom. The van der Waals surface area contributed by atoms with Crippen LogP contribution in [0.5, 0.6) is 5.75 Å². The van der Waals surface area contributed by atoms with Crippen LogP contribution >= 0.6 is 11.6 Å². The van der Waals surface area contributed by atoms with E-state index >= 15 is 0 Å². The molecule has 0 aliphatic carbocycles. The zero-order valence-corrected chi connectivity index (χ0v) is 12.5. The number of halogens is 1. The van der Waals surface area contributed by atoms with E-state index in [-0.39, 0.29) is 5.91 Å². The van der Waals surface area contributed by atoms with Crippen LogP contribution < -0.4 is 10.2 Å². The highest BCUT2D eigenvalue weighted by Gasteiger charge is 2.10. The number of benzene rings is 2. The number of hydrazone groups is 1. The fourth-order valence-corrected chi connectivity index (χ4v) is 1.91. The number of ether oxygens (including phenoxy) is 1. The van der Waals surface area contributed by atoms with E-state index in [9.17, 15) is 4.79 Å². The standard InChI is InChI=1S/C16H15ClN2O2/c1-11(12-7-9-13(17)10-8-12)18-19-16(20)14-5-3-4-6-15(14)21-2/h3-10H,1-2H3,(H,19,20). The molecule has 4 nitrogen and oxygen atoms in total. The van der Waals surface area contributed by atoms with Crippen molar-refractivity contribution in [3.63, 3.8) is 0 Å². The van der Waals surface area contributed by atoms with Gasteiger partial charge < -0.3 is 4.74 Å². The lowest BCUT2D eigenvalue weighted by Gasteiger charge is -2.07. The Balaban J connectivity index is 2.12. The summed E-state index contributed by atoms with van der Waals surface area (Å²) in [4.78, 5) is 12.1. The molecule has 5 heteroatoms. The van der Waals surface area contributed by atoms with Crippen LogP contribution in [0.25, 0.3) is 0 Å². The Labute approximate surface area is 128 Å². The molecule has 21 heavy (non-hydrogen) atoms. The number of carbonyl (C=O) groups is 1. The van der Waals surface area contributed by atoms with E-state index in [1.165, 1.54) is 7.11 Å². The highest BCUT2D eigenvalue weighted by atomic mass is 35.5. The maximum Gasteiger partial charge on any atom is 0.275 e. The first-order valence-corrected chi connectivity index (χ1v) is 6.73. The highest BCUT2D eigenvalue weighted by molar-refractivity contribution is 6.30. The van der Waals surface area contributed by atoms with Gasteiger partial charge in [-0.15, -0.1) is 0 Å². The van der Waals surface area contributed by atoms with Crippen molar-refractivity contribution in [1.29, 1.82) is 0 Å². The summed E-state index contributed by atoms with van der Waals surface area (Å²) in [5, 5.41) is 4.75. The molecule has 0 saturated heterocycles. The molecule has 0 fully saturated rings. The Hall–Kier alpha value is -2.33. The highest BCUT2D eigenvalue weighted by Crippen LogP contribution is 2.17. The first-order valence-electron chi connectivity index (χ1n) is 6.35. The minimum absolute atomic E-state index is 0.319. The molecule has 0 aliphatic heterocycles. The summed E-state index contributed by atoms with van der Waals surface area (Å²) in [5.41, 5.74) is 4.54. The van der Waals surface area contributed by atoms with Crippen LogP contribution in [0.2, 0.25) is 5.02 Å². The normalized spacial score (nSPS) is 11.1. The first-order chi connectivity index (χ1) is 10.1. The zero-order chi connectivity index (χ0) is 15.2. The molecule has 108 valence electrons. The molecule has 0 unspecified atom stereocenters. The molecule has 0 aromatic heterocycles. The summed E-state index contributed by atoms with van der Waals surface area (Å²) in [6, 6.07) is 14.2. The van der Waals surface area contributed by atoms with E-state index in [1.807, 2.05) is 19.1 Å². The van der Waals surface area contributed by atoms with Crippen molar-refractivity contribution in [2.75, 3.05) is 7.11 Å². The van der Waals surface area contributed by atoms with E-state index in [0.717, 1.165) is 5.56 Å². The monoisotopic (exact) mass is 302 g/mol. The third kappa shape index (κ3) is 3.83. The maximum atomic E-state index is 12.1. The zero-order valence-electron chi connectivity index (χ0n) is 11.8. The van der Waals surface area contributed by atoms with Gasteiger partial charge in [0.2, 0.25) is 0 Å². The van der Waals surface area contributed by atoms with E-state index in [4.69, 9.17) is 16.3 Å².